The van der Waals surface area contributed by atoms with Crippen molar-refractivity contribution >= 4 is 0 Å². The van der Waals surface area contributed by atoms with Crippen LogP contribution in [0.25, 0.3) is 0 Å². The molecule has 0 aromatic carbocycles. The molecule has 0 aliphatic heterocycles. The maximum absolute atomic E-state index is 4.03. The van der Waals surface area contributed by atoms with E-state index in [2.05, 4.69) is 15.0 Å². The molecule has 0 saturated heterocycles. The van der Waals surface area contributed by atoms with Gasteiger partial charge in [-0.1, -0.05) is 6.07 Å². The highest BCUT2D eigenvalue weighted by Gasteiger charge is 1.95. The summed E-state index contributed by atoms with van der Waals surface area (Å²) in [7, 11) is 0. The van der Waals surface area contributed by atoms with Gasteiger partial charge in [0.2, 0.25) is 0 Å². The first-order chi connectivity index (χ1) is 5.95. The fourth-order valence-electron chi connectivity index (χ4n) is 1.10. The standard InChI is InChI=1S/C9H9N3/c1-2-8(5-10-3-1)4-9-6-11-7-12-9/h1-3,5-7H,4H2,(H,11,12). The summed E-state index contributed by atoms with van der Waals surface area (Å²) in [6.07, 6.45) is 8.02. The summed E-state index contributed by atoms with van der Waals surface area (Å²) in [4.78, 5) is 11.0. The Morgan fingerprint density at radius 1 is 1.25 bits per heavy atom. The number of aromatic nitrogens is 3. The largest absolute Gasteiger partial charge is 0.348 e. The summed E-state index contributed by atoms with van der Waals surface area (Å²) in [5.41, 5.74) is 2.31. The van der Waals surface area contributed by atoms with Gasteiger partial charge in [-0.3, -0.25) is 4.98 Å². The molecule has 2 aromatic rings. The zero-order valence-electron chi connectivity index (χ0n) is 6.57. The van der Waals surface area contributed by atoms with Gasteiger partial charge < -0.3 is 4.98 Å². The third-order valence-corrected chi connectivity index (χ3v) is 1.67. The summed E-state index contributed by atoms with van der Waals surface area (Å²) >= 11 is 0. The minimum absolute atomic E-state index is 0.869. The molecular weight excluding hydrogens is 150 g/mol. The number of imidazole rings is 1. The Morgan fingerprint density at radius 2 is 2.25 bits per heavy atom. The average molecular weight is 159 g/mol. The third kappa shape index (κ3) is 1.50. The molecule has 3 nitrogen and oxygen atoms in total. The molecular formula is C9H9N3. The number of H-pyrrole nitrogens is 1. The highest BCUT2D eigenvalue weighted by atomic mass is 14.9. The van der Waals surface area contributed by atoms with Crippen molar-refractivity contribution in [3.63, 3.8) is 0 Å². The van der Waals surface area contributed by atoms with E-state index in [4.69, 9.17) is 0 Å². The number of hydrogen-bond donors (Lipinski definition) is 1. The van der Waals surface area contributed by atoms with Crippen molar-refractivity contribution < 1.29 is 0 Å². The first-order valence-corrected chi connectivity index (χ1v) is 3.81. The summed E-state index contributed by atoms with van der Waals surface area (Å²) in [5, 5.41) is 0. The number of rotatable bonds is 2. The lowest BCUT2D eigenvalue weighted by Crippen LogP contribution is -1.87. The molecule has 0 amide bonds. The predicted octanol–water partition coefficient (Wildman–Crippen LogP) is 1.40. The van der Waals surface area contributed by atoms with Gasteiger partial charge in [-0.25, -0.2) is 4.98 Å². The zero-order valence-corrected chi connectivity index (χ0v) is 6.57. The highest BCUT2D eigenvalue weighted by Crippen LogP contribution is 2.03. The molecule has 0 atom stereocenters. The van der Waals surface area contributed by atoms with Crippen molar-refractivity contribution in [2.24, 2.45) is 0 Å². The maximum Gasteiger partial charge on any atom is 0.0921 e. The minimum Gasteiger partial charge on any atom is -0.348 e. The number of nitrogens with zero attached hydrogens (tertiary/aromatic N) is 2. The molecule has 2 rings (SSSR count). The van der Waals surface area contributed by atoms with Crippen molar-refractivity contribution in [3.8, 4) is 0 Å². The van der Waals surface area contributed by atoms with Crippen LogP contribution in [-0.2, 0) is 6.42 Å². The first kappa shape index (κ1) is 7.03. The van der Waals surface area contributed by atoms with Gasteiger partial charge in [0.05, 0.1) is 6.33 Å². The monoisotopic (exact) mass is 159 g/mol. The molecule has 0 unspecified atom stereocenters. The second-order valence-corrected chi connectivity index (χ2v) is 2.61. The minimum atomic E-state index is 0.869. The van der Waals surface area contributed by atoms with E-state index < -0.39 is 0 Å². The van der Waals surface area contributed by atoms with Crippen LogP contribution in [-0.4, -0.2) is 15.0 Å². The van der Waals surface area contributed by atoms with E-state index in [-0.39, 0.29) is 0 Å². The van der Waals surface area contributed by atoms with Gasteiger partial charge in [0.25, 0.3) is 0 Å². The third-order valence-electron chi connectivity index (χ3n) is 1.67. The van der Waals surface area contributed by atoms with Gasteiger partial charge in [-0.2, -0.15) is 0 Å². The van der Waals surface area contributed by atoms with Gasteiger partial charge in [-0.15, -0.1) is 0 Å². The lowest BCUT2D eigenvalue weighted by atomic mass is 10.2. The fraction of sp³-hybridized carbons (Fsp3) is 0.111. The Balaban J connectivity index is 2.15. The Kier molecular flexibility index (Phi) is 1.86. The summed E-state index contributed by atoms with van der Waals surface area (Å²) in [5.74, 6) is 0. The normalized spacial score (nSPS) is 10.0. The van der Waals surface area contributed by atoms with Crippen LogP contribution in [0.5, 0.6) is 0 Å². The van der Waals surface area contributed by atoms with Crippen LogP contribution in [0.15, 0.2) is 37.1 Å². The van der Waals surface area contributed by atoms with E-state index in [9.17, 15) is 0 Å². The Bertz CT molecular complexity index is 326. The molecule has 0 saturated carbocycles. The van der Waals surface area contributed by atoms with Crippen LogP contribution in [0.1, 0.15) is 11.3 Å². The van der Waals surface area contributed by atoms with Crippen molar-refractivity contribution in [2.75, 3.05) is 0 Å². The van der Waals surface area contributed by atoms with E-state index >= 15 is 0 Å². The van der Waals surface area contributed by atoms with Gasteiger partial charge in [-0.05, 0) is 11.6 Å². The Hall–Kier alpha value is -1.64. The molecule has 2 heterocycles. The second-order valence-electron chi connectivity index (χ2n) is 2.61. The van der Waals surface area contributed by atoms with E-state index in [1.54, 1.807) is 12.5 Å². The van der Waals surface area contributed by atoms with Gasteiger partial charge in [0.15, 0.2) is 0 Å². The molecule has 0 spiro atoms. The fourth-order valence-corrected chi connectivity index (χ4v) is 1.10. The van der Waals surface area contributed by atoms with Crippen LogP contribution >= 0.6 is 0 Å². The molecule has 0 bridgehead atoms. The first-order valence-electron chi connectivity index (χ1n) is 3.81. The molecule has 0 aliphatic rings. The zero-order chi connectivity index (χ0) is 8.23. The Morgan fingerprint density at radius 3 is 2.92 bits per heavy atom. The van der Waals surface area contributed by atoms with Crippen LogP contribution < -0.4 is 0 Å². The molecule has 0 radical (unpaired) electrons. The maximum atomic E-state index is 4.03. The number of aromatic amines is 1. The van der Waals surface area contributed by atoms with E-state index in [0.29, 0.717) is 0 Å². The van der Waals surface area contributed by atoms with Crippen LogP contribution in [0, 0.1) is 0 Å². The van der Waals surface area contributed by atoms with E-state index in [0.717, 1.165) is 12.1 Å². The van der Waals surface area contributed by atoms with E-state index in [1.165, 1.54) is 5.56 Å². The highest BCUT2D eigenvalue weighted by molar-refractivity contribution is 5.15. The summed E-state index contributed by atoms with van der Waals surface area (Å²) in [6.45, 7) is 0. The van der Waals surface area contributed by atoms with Crippen LogP contribution in [0.4, 0.5) is 0 Å². The van der Waals surface area contributed by atoms with Crippen LogP contribution in [0.3, 0.4) is 0 Å². The SMILES string of the molecule is c1cncc(Cc2cnc[nH]2)c1. The Labute approximate surface area is 70.5 Å². The molecule has 3 heteroatoms. The van der Waals surface area contributed by atoms with Crippen molar-refractivity contribution in [2.45, 2.75) is 6.42 Å². The topological polar surface area (TPSA) is 41.6 Å². The molecule has 0 aliphatic carbocycles. The van der Waals surface area contributed by atoms with Crippen molar-refractivity contribution in [1.29, 1.82) is 0 Å². The molecule has 1 N–H and O–H groups in total. The van der Waals surface area contributed by atoms with Gasteiger partial charge in [0, 0.05) is 30.7 Å². The van der Waals surface area contributed by atoms with Crippen LogP contribution in [0.2, 0.25) is 0 Å². The summed E-state index contributed by atoms with van der Waals surface area (Å²) in [6, 6.07) is 3.99. The lowest BCUT2D eigenvalue weighted by molar-refractivity contribution is 1.08. The molecule has 60 valence electrons. The smallest absolute Gasteiger partial charge is 0.0921 e. The molecule has 0 fully saturated rings. The number of nitrogens with one attached hydrogen (secondary N) is 1. The molecule has 2 aromatic heterocycles. The van der Waals surface area contributed by atoms with Gasteiger partial charge >= 0.3 is 0 Å². The predicted molar refractivity (Wildman–Crippen MR) is 45.6 cm³/mol. The van der Waals surface area contributed by atoms with Crippen molar-refractivity contribution in [3.05, 3.63) is 48.3 Å². The average Bonchev–Trinajstić information content (AvgIpc) is 2.59. The van der Waals surface area contributed by atoms with E-state index in [1.807, 2.05) is 24.5 Å². The lowest BCUT2D eigenvalue weighted by Gasteiger charge is -1.95. The molecule has 12 heavy (non-hydrogen) atoms. The number of pyridine rings is 1. The quantitative estimate of drug-likeness (QED) is 0.719. The summed E-state index contributed by atoms with van der Waals surface area (Å²) < 4.78 is 0. The van der Waals surface area contributed by atoms with Crippen molar-refractivity contribution in [1.82, 2.24) is 15.0 Å². The van der Waals surface area contributed by atoms with Gasteiger partial charge in [0.1, 0.15) is 0 Å². The second kappa shape index (κ2) is 3.17. The number of hydrogen-bond acceptors (Lipinski definition) is 2.